The summed E-state index contributed by atoms with van der Waals surface area (Å²) in [6.07, 6.45) is 8.50. The number of hydrogen-bond acceptors (Lipinski definition) is 14. The van der Waals surface area contributed by atoms with E-state index in [0.29, 0.717) is 57.2 Å². The first kappa shape index (κ1) is 63.7. The third-order valence-electron chi connectivity index (χ3n) is 13.5. The standard InChI is InChI=1S/C54H80BrN7O15/c1-32(2)48(61-45(64)13-9-8-10-24-57-47(66)28-55)50(68)62(42(51(69)70)12-11-25-58-52(56)71)39-19-17-38(18-20-39)30-73-53(72)59-29-40-27-54(31-74-54)49(67)44(77-40)22-15-33(3)14-21-43-34(4)26-41(36(6)76-43)60-46(65)23-16-35(5)75-37(7)63/h14-20,22-23,32,34-36,40-44,48-49,67H,8-13,21,24-31H2,1-7H3,(H,57,66)(H,59,72)(H,60,65)(H,61,64)(H,69,70)(H3,56,58,71)/b22-15+,23-16-,33-14+/t34-,35-,36+,40-,41+,42-,43-,44+,48-,49+,54+/m0/s1. The summed E-state index contributed by atoms with van der Waals surface area (Å²) >= 11 is 3.09. The van der Waals surface area contributed by atoms with Gasteiger partial charge in [0.1, 0.15) is 42.6 Å². The summed E-state index contributed by atoms with van der Waals surface area (Å²) in [7, 11) is 0. The van der Waals surface area contributed by atoms with Gasteiger partial charge in [0.2, 0.25) is 17.7 Å². The summed E-state index contributed by atoms with van der Waals surface area (Å²) in [5.41, 5.74) is 6.05. The van der Waals surface area contributed by atoms with Crippen LogP contribution >= 0.6 is 15.9 Å². The molecule has 0 aliphatic carbocycles. The minimum atomic E-state index is -1.40. The fraction of sp³-hybridized carbons (Fsp3) is 0.630. The number of nitrogens with zero attached hydrogens (tertiary/aromatic N) is 1. The lowest BCUT2D eigenvalue weighted by molar-refractivity contribution is -0.143. The molecule has 3 fully saturated rings. The van der Waals surface area contributed by atoms with Gasteiger partial charge in [0, 0.05) is 51.2 Å². The fourth-order valence-corrected chi connectivity index (χ4v) is 9.34. The molecule has 0 aromatic heterocycles. The number of urea groups is 1. The number of carbonyl (C=O) groups is 8. The molecule has 1 aromatic rings. The van der Waals surface area contributed by atoms with Crippen LogP contribution in [0.3, 0.4) is 0 Å². The number of amides is 7. The first-order valence-corrected chi connectivity index (χ1v) is 27.5. The molecule has 3 aliphatic rings. The molecule has 0 bridgehead atoms. The molecule has 9 N–H and O–H groups in total. The number of esters is 1. The second-order valence-electron chi connectivity index (χ2n) is 20.4. The third kappa shape index (κ3) is 21.5. The third-order valence-corrected chi connectivity index (χ3v) is 14.1. The number of allylic oxidation sites excluding steroid dienone is 2. The highest BCUT2D eigenvalue weighted by atomic mass is 79.9. The van der Waals surface area contributed by atoms with Gasteiger partial charge in [-0.05, 0) is 94.9 Å². The first-order chi connectivity index (χ1) is 36.5. The lowest BCUT2D eigenvalue weighted by atomic mass is 9.87. The van der Waals surface area contributed by atoms with E-state index in [1.54, 1.807) is 39.0 Å². The Hall–Kier alpha value is -5.88. The highest BCUT2D eigenvalue weighted by molar-refractivity contribution is 9.09. The van der Waals surface area contributed by atoms with Crippen LogP contribution in [0.5, 0.6) is 0 Å². The molecule has 1 spiro atoms. The molecular weight excluding hydrogens is 1070 g/mol. The number of nitrogens with two attached hydrogens (primary N) is 1. The van der Waals surface area contributed by atoms with Crippen molar-refractivity contribution in [3.05, 3.63) is 65.8 Å². The van der Waals surface area contributed by atoms with E-state index in [0.717, 1.165) is 10.5 Å². The summed E-state index contributed by atoms with van der Waals surface area (Å²) in [6.45, 7) is 13.1. The maximum Gasteiger partial charge on any atom is 0.407 e. The van der Waals surface area contributed by atoms with Gasteiger partial charge in [0.25, 0.3) is 5.91 Å². The largest absolute Gasteiger partial charge is 0.480 e. The van der Waals surface area contributed by atoms with E-state index < -0.39 is 78.0 Å². The number of carbonyl (C=O) groups excluding carboxylic acids is 7. The number of aliphatic hydroxyl groups is 1. The molecule has 1 aromatic carbocycles. The van der Waals surface area contributed by atoms with Crippen LogP contribution in [0.25, 0.3) is 0 Å². The summed E-state index contributed by atoms with van der Waals surface area (Å²) in [5, 5.41) is 35.6. The zero-order valence-corrected chi connectivity index (χ0v) is 46.8. The number of anilines is 1. The van der Waals surface area contributed by atoms with Crippen LogP contribution in [0.4, 0.5) is 15.3 Å². The van der Waals surface area contributed by atoms with Gasteiger partial charge in [-0.25, -0.2) is 14.4 Å². The van der Waals surface area contributed by atoms with Crippen molar-refractivity contribution in [3.63, 3.8) is 0 Å². The molecule has 3 heterocycles. The van der Waals surface area contributed by atoms with Gasteiger partial charge in [-0.1, -0.05) is 79.1 Å². The van der Waals surface area contributed by atoms with Crippen molar-refractivity contribution in [2.45, 2.75) is 173 Å². The van der Waals surface area contributed by atoms with Crippen molar-refractivity contribution < 1.29 is 72.3 Å². The number of hydrogen-bond donors (Lipinski definition) is 8. The number of benzene rings is 1. The van der Waals surface area contributed by atoms with Crippen molar-refractivity contribution in [2.75, 3.05) is 36.5 Å². The summed E-state index contributed by atoms with van der Waals surface area (Å²) in [6, 6.07) is 2.78. The monoisotopic (exact) mass is 1150 g/mol. The van der Waals surface area contributed by atoms with E-state index in [9.17, 15) is 48.6 Å². The van der Waals surface area contributed by atoms with Gasteiger partial charge in [0.15, 0.2) is 0 Å². The van der Waals surface area contributed by atoms with Crippen LogP contribution in [-0.4, -0.2) is 150 Å². The number of aliphatic carboxylic acids is 1. The molecule has 22 nitrogen and oxygen atoms in total. The number of epoxide rings is 1. The lowest BCUT2D eigenvalue weighted by Gasteiger charge is -2.39. The Bertz CT molecular complexity index is 2260. The van der Waals surface area contributed by atoms with E-state index in [2.05, 4.69) is 55.5 Å². The maximum atomic E-state index is 14.4. The predicted octanol–water partition coefficient (Wildman–Crippen LogP) is 4.35. The Morgan fingerprint density at radius 3 is 2.27 bits per heavy atom. The number of carboxylic acids is 1. The number of primary amides is 1. The second-order valence-corrected chi connectivity index (χ2v) is 20.9. The number of alkyl carbamates (subject to hydrolysis) is 1. The van der Waals surface area contributed by atoms with Crippen molar-refractivity contribution >= 4 is 69.3 Å². The predicted molar refractivity (Wildman–Crippen MR) is 288 cm³/mol. The number of rotatable bonds is 29. The highest BCUT2D eigenvalue weighted by Gasteiger charge is 2.58. The Morgan fingerprint density at radius 2 is 1.64 bits per heavy atom. The van der Waals surface area contributed by atoms with Crippen LogP contribution < -0.4 is 37.2 Å². The summed E-state index contributed by atoms with van der Waals surface area (Å²) in [4.78, 5) is 101. The molecule has 3 aliphatic heterocycles. The second kappa shape index (κ2) is 31.5. The number of unbranched alkanes of at least 4 members (excludes halogenated alkanes) is 2. The highest BCUT2D eigenvalue weighted by Crippen LogP contribution is 2.42. The van der Waals surface area contributed by atoms with Crippen molar-refractivity contribution in [2.24, 2.45) is 17.6 Å². The zero-order valence-electron chi connectivity index (χ0n) is 45.3. The normalized spacial score (nSPS) is 24.3. The minimum absolute atomic E-state index is 0.0580. The van der Waals surface area contributed by atoms with Crippen LogP contribution in [0, 0.1) is 11.8 Å². The van der Waals surface area contributed by atoms with Crippen molar-refractivity contribution in [3.8, 4) is 0 Å². The number of nitrogens with one attached hydrogen (secondary N) is 5. The average molecular weight is 1150 g/mol. The smallest absolute Gasteiger partial charge is 0.407 e. The molecule has 23 heteroatoms. The average Bonchev–Trinajstić information content (AvgIpc) is 4.16. The van der Waals surface area contributed by atoms with E-state index >= 15 is 0 Å². The van der Waals surface area contributed by atoms with Gasteiger partial charge in [-0.2, -0.15) is 0 Å². The molecule has 77 heavy (non-hydrogen) atoms. The van der Waals surface area contributed by atoms with Crippen molar-refractivity contribution in [1.82, 2.24) is 26.6 Å². The van der Waals surface area contributed by atoms with Gasteiger partial charge in [0.05, 0.1) is 36.3 Å². The Balaban J connectivity index is 1.32. The molecule has 4 rings (SSSR count). The van der Waals surface area contributed by atoms with Crippen LogP contribution in [0.2, 0.25) is 0 Å². The number of halogens is 1. The number of aliphatic hydroxyl groups excluding tert-OH is 1. The van der Waals surface area contributed by atoms with Crippen LogP contribution in [0.1, 0.15) is 112 Å². The first-order valence-electron chi connectivity index (χ1n) is 26.4. The molecule has 0 unspecified atom stereocenters. The van der Waals surface area contributed by atoms with E-state index in [1.165, 1.54) is 31.2 Å². The molecule has 0 radical (unpaired) electrons. The minimum Gasteiger partial charge on any atom is -0.480 e. The number of ether oxygens (including phenoxy) is 5. The molecule has 3 saturated heterocycles. The van der Waals surface area contributed by atoms with Crippen molar-refractivity contribution in [1.29, 1.82) is 0 Å². The van der Waals surface area contributed by atoms with Crippen LogP contribution in [-0.2, 0) is 59.1 Å². The quantitative estimate of drug-likeness (QED) is 0.0138. The SMILES string of the molecule is CC(=O)O[C@@H](C)/C=C\C(=O)N[C@@H]1C[C@H](C)[C@H](C/C=C(C)/C=C/[C@H]2O[C@H](CNC(=O)OCc3ccc(N(C(=O)[C@@H](NC(=O)CCCCCNC(=O)CBr)C(C)C)[C@@H](CCCNC(N)=O)C(=O)O)cc3)C[C@@]3(CO3)[C@@H]2O)O[C@@H]1C. The summed E-state index contributed by atoms with van der Waals surface area (Å²) in [5.74, 6) is -3.50. The Labute approximate surface area is 459 Å². The van der Waals surface area contributed by atoms with Gasteiger partial charge in [-0.3, -0.25) is 28.9 Å². The molecule has 428 valence electrons. The molecule has 11 atom stereocenters. The number of alkyl halides is 1. The molecular formula is C54H80BrN7O15. The Kier molecular flexibility index (Phi) is 26.0. The maximum absolute atomic E-state index is 14.4. The molecule has 0 saturated carbocycles. The topological polar surface area (TPSA) is 316 Å². The fourth-order valence-electron chi connectivity index (χ4n) is 9.14. The Morgan fingerprint density at radius 1 is 0.935 bits per heavy atom. The van der Waals surface area contributed by atoms with E-state index in [4.69, 9.17) is 29.4 Å². The van der Waals surface area contributed by atoms with Gasteiger partial charge >= 0.3 is 24.1 Å². The van der Waals surface area contributed by atoms with E-state index in [1.807, 2.05) is 19.9 Å². The van der Waals surface area contributed by atoms with Gasteiger partial charge in [-0.15, -0.1) is 0 Å². The van der Waals surface area contributed by atoms with Gasteiger partial charge < -0.3 is 66.2 Å². The van der Waals surface area contributed by atoms with E-state index in [-0.39, 0.29) is 91.9 Å². The zero-order chi connectivity index (χ0) is 56.8. The summed E-state index contributed by atoms with van der Waals surface area (Å²) < 4.78 is 28.9. The number of carboxylic acid groups (broad SMARTS) is 1. The van der Waals surface area contributed by atoms with Crippen LogP contribution in [0.15, 0.2) is 60.2 Å². The molecule has 7 amide bonds. The lowest BCUT2D eigenvalue weighted by Crippen LogP contribution is -2.56.